The maximum atomic E-state index is 11.1. The number of likely N-dealkylation sites (tertiary alicyclic amines) is 1. The van der Waals surface area contributed by atoms with Gasteiger partial charge in [0.15, 0.2) is 0 Å². The van der Waals surface area contributed by atoms with Crippen LogP contribution in [0.2, 0.25) is 0 Å². The fourth-order valence-corrected chi connectivity index (χ4v) is 5.80. The summed E-state index contributed by atoms with van der Waals surface area (Å²) in [7, 11) is 2.24. The Morgan fingerprint density at radius 1 is 0.744 bits per heavy atom. The van der Waals surface area contributed by atoms with Crippen molar-refractivity contribution in [3.8, 4) is 0 Å². The standard InChI is InChI=1S/C35H65NO3/c1-3-4-5-6-7-8-9-10-11-12-13-14-18-21-24-27-34(39-35(37)38)28-25-22-19-16-15-17-20-23-26-33-29-31-36(2)32-30-33/h7-8,10-11,33-34H,3-6,9,12-32H2,1-2H3,(H,37,38). The first-order valence-corrected chi connectivity index (χ1v) is 17.0. The Bertz CT molecular complexity index is 595. The van der Waals surface area contributed by atoms with E-state index < -0.39 is 6.16 Å². The Labute approximate surface area is 243 Å². The summed E-state index contributed by atoms with van der Waals surface area (Å²) >= 11 is 0. The number of carboxylic acid groups (broad SMARTS) is 1. The van der Waals surface area contributed by atoms with Gasteiger partial charge in [0.2, 0.25) is 0 Å². The normalized spacial score (nSPS) is 15.9. The molecule has 228 valence electrons. The third-order valence-corrected chi connectivity index (χ3v) is 8.47. The predicted molar refractivity (Wildman–Crippen MR) is 169 cm³/mol. The summed E-state index contributed by atoms with van der Waals surface area (Å²) in [6.07, 6.45) is 37.9. The molecule has 0 aromatic carbocycles. The second-order valence-electron chi connectivity index (χ2n) is 12.2. The summed E-state index contributed by atoms with van der Waals surface area (Å²) in [4.78, 5) is 13.6. The molecule has 0 spiro atoms. The van der Waals surface area contributed by atoms with Crippen molar-refractivity contribution in [1.82, 2.24) is 4.90 Å². The van der Waals surface area contributed by atoms with Crippen molar-refractivity contribution in [1.29, 1.82) is 0 Å². The van der Waals surface area contributed by atoms with Crippen LogP contribution < -0.4 is 0 Å². The molecule has 1 aliphatic rings. The lowest BCUT2D eigenvalue weighted by Crippen LogP contribution is -2.30. The van der Waals surface area contributed by atoms with Crippen LogP contribution in [0.25, 0.3) is 0 Å². The van der Waals surface area contributed by atoms with E-state index in [-0.39, 0.29) is 6.10 Å². The van der Waals surface area contributed by atoms with Crippen LogP contribution >= 0.6 is 0 Å². The first-order chi connectivity index (χ1) is 19.1. The molecule has 0 saturated carbocycles. The molecular formula is C35H65NO3. The Hall–Kier alpha value is -1.29. The van der Waals surface area contributed by atoms with Crippen LogP contribution in [0.15, 0.2) is 24.3 Å². The summed E-state index contributed by atoms with van der Waals surface area (Å²) in [5.41, 5.74) is 0. The van der Waals surface area contributed by atoms with Gasteiger partial charge in [-0.05, 0) is 96.7 Å². The molecule has 1 heterocycles. The summed E-state index contributed by atoms with van der Waals surface area (Å²) in [5.74, 6) is 0.979. The van der Waals surface area contributed by atoms with E-state index in [4.69, 9.17) is 9.84 Å². The van der Waals surface area contributed by atoms with Gasteiger partial charge in [-0.2, -0.15) is 0 Å². The number of hydrogen-bond acceptors (Lipinski definition) is 3. The van der Waals surface area contributed by atoms with E-state index in [0.29, 0.717) is 0 Å². The number of ether oxygens (including phenoxy) is 1. The molecule has 1 rings (SSSR count). The highest BCUT2D eigenvalue weighted by Gasteiger charge is 2.16. The van der Waals surface area contributed by atoms with Gasteiger partial charge in [-0.1, -0.05) is 115 Å². The van der Waals surface area contributed by atoms with Gasteiger partial charge in [0.25, 0.3) is 0 Å². The van der Waals surface area contributed by atoms with E-state index >= 15 is 0 Å². The Morgan fingerprint density at radius 3 is 1.77 bits per heavy atom. The molecular weight excluding hydrogens is 482 g/mol. The van der Waals surface area contributed by atoms with Crippen molar-refractivity contribution >= 4 is 6.16 Å². The van der Waals surface area contributed by atoms with Gasteiger partial charge in [0.05, 0.1) is 0 Å². The van der Waals surface area contributed by atoms with Crippen LogP contribution in [0.4, 0.5) is 4.79 Å². The third kappa shape index (κ3) is 24.2. The minimum Gasteiger partial charge on any atom is -0.450 e. The lowest BCUT2D eigenvalue weighted by Gasteiger charge is -2.28. The predicted octanol–water partition coefficient (Wildman–Crippen LogP) is 11.1. The van der Waals surface area contributed by atoms with E-state index in [1.54, 1.807) is 0 Å². The van der Waals surface area contributed by atoms with Gasteiger partial charge in [0, 0.05) is 0 Å². The number of piperidine rings is 1. The highest BCUT2D eigenvalue weighted by molar-refractivity contribution is 5.57. The molecule has 1 saturated heterocycles. The van der Waals surface area contributed by atoms with Crippen molar-refractivity contribution in [2.75, 3.05) is 20.1 Å². The zero-order valence-corrected chi connectivity index (χ0v) is 26.1. The first kappa shape index (κ1) is 35.7. The molecule has 0 aromatic heterocycles. The topological polar surface area (TPSA) is 49.8 Å². The van der Waals surface area contributed by atoms with E-state index in [1.165, 1.54) is 135 Å². The number of allylic oxidation sites excluding steroid dienone is 4. The number of hydrogen-bond donors (Lipinski definition) is 1. The van der Waals surface area contributed by atoms with E-state index in [9.17, 15) is 4.79 Å². The largest absolute Gasteiger partial charge is 0.506 e. The average molecular weight is 548 g/mol. The Kier molecular flexibility index (Phi) is 24.7. The summed E-state index contributed by atoms with van der Waals surface area (Å²) in [6, 6.07) is 0. The molecule has 0 aromatic rings. The smallest absolute Gasteiger partial charge is 0.450 e. The third-order valence-electron chi connectivity index (χ3n) is 8.47. The Morgan fingerprint density at radius 2 is 1.23 bits per heavy atom. The Balaban J connectivity index is 1.92. The van der Waals surface area contributed by atoms with Gasteiger partial charge in [-0.15, -0.1) is 0 Å². The van der Waals surface area contributed by atoms with Crippen molar-refractivity contribution in [2.24, 2.45) is 5.92 Å². The van der Waals surface area contributed by atoms with Gasteiger partial charge < -0.3 is 14.7 Å². The highest BCUT2D eigenvalue weighted by atomic mass is 16.7. The molecule has 0 aliphatic carbocycles. The van der Waals surface area contributed by atoms with Crippen LogP contribution in [0.3, 0.4) is 0 Å². The van der Waals surface area contributed by atoms with Crippen LogP contribution in [-0.4, -0.2) is 42.4 Å². The number of rotatable bonds is 26. The second kappa shape index (κ2) is 26.9. The number of unbranched alkanes of at least 4 members (excludes halogenated alkanes) is 15. The second-order valence-corrected chi connectivity index (χ2v) is 12.2. The number of carbonyl (C=O) groups is 1. The van der Waals surface area contributed by atoms with Crippen molar-refractivity contribution in [3.63, 3.8) is 0 Å². The van der Waals surface area contributed by atoms with Gasteiger partial charge in [0.1, 0.15) is 6.10 Å². The fourth-order valence-electron chi connectivity index (χ4n) is 5.80. The van der Waals surface area contributed by atoms with E-state index in [0.717, 1.165) is 38.0 Å². The summed E-state index contributed by atoms with van der Waals surface area (Å²) in [5, 5.41) is 9.11. The van der Waals surface area contributed by atoms with Gasteiger partial charge >= 0.3 is 6.16 Å². The molecule has 39 heavy (non-hydrogen) atoms. The molecule has 1 N–H and O–H groups in total. The van der Waals surface area contributed by atoms with Crippen LogP contribution in [-0.2, 0) is 4.74 Å². The zero-order chi connectivity index (χ0) is 28.2. The van der Waals surface area contributed by atoms with Crippen LogP contribution in [0.1, 0.15) is 161 Å². The lowest BCUT2D eigenvalue weighted by molar-refractivity contribution is 0.0422. The molecule has 4 nitrogen and oxygen atoms in total. The first-order valence-electron chi connectivity index (χ1n) is 17.0. The van der Waals surface area contributed by atoms with Crippen molar-refractivity contribution < 1.29 is 14.6 Å². The van der Waals surface area contributed by atoms with Gasteiger partial charge in [-0.25, -0.2) is 4.79 Å². The molecule has 4 heteroatoms. The maximum Gasteiger partial charge on any atom is 0.506 e. The quantitative estimate of drug-likeness (QED) is 0.0664. The molecule has 0 radical (unpaired) electrons. The molecule has 0 bridgehead atoms. The summed E-state index contributed by atoms with van der Waals surface area (Å²) in [6.45, 7) is 4.83. The van der Waals surface area contributed by atoms with Crippen molar-refractivity contribution in [3.05, 3.63) is 24.3 Å². The highest BCUT2D eigenvalue weighted by Crippen LogP contribution is 2.23. The SMILES string of the molecule is CCCCCC=CCC=CCCCCCCCC(CCCCCCCCCCC1CCN(C)CC1)OC(=O)O. The van der Waals surface area contributed by atoms with E-state index in [1.807, 2.05) is 0 Å². The average Bonchev–Trinajstić information content (AvgIpc) is 2.92. The van der Waals surface area contributed by atoms with E-state index in [2.05, 4.69) is 43.2 Å². The van der Waals surface area contributed by atoms with Gasteiger partial charge in [-0.3, -0.25) is 0 Å². The summed E-state index contributed by atoms with van der Waals surface area (Å²) < 4.78 is 5.20. The molecule has 0 amide bonds. The molecule has 1 atom stereocenters. The fraction of sp³-hybridized carbons (Fsp3) is 0.857. The zero-order valence-electron chi connectivity index (χ0n) is 26.1. The minimum absolute atomic E-state index is 0.111. The molecule has 1 fully saturated rings. The molecule has 1 aliphatic heterocycles. The van der Waals surface area contributed by atoms with Crippen LogP contribution in [0, 0.1) is 5.92 Å². The maximum absolute atomic E-state index is 11.1. The van der Waals surface area contributed by atoms with Crippen LogP contribution in [0.5, 0.6) is 0 Å². The monoisotopic (exact) mass is 547 g/mol. The number of nitrogens with zero attached hydrogens (tertiary/aromatic N) is 1. The van der Waals surface area contributed by atoms with Crippen molar-refractivity contribution in [2.45, 2.75) is 167 Å². The lowest BCUT2D eigenvalue weighted by atomic mass is 9.91. The molecule has 1 unspecified atom stereocenters. The minimum atomic E-state index is -1.11.